The van der Waals surface area contributed by atoms with Crippen molar-refractivity contribution < 1.29 is 29.3 Å². The average Bonchev–Trinajstić information content (AvgIpc) is 3.26. The van der Waals surface area contributed by atoms with Gasteiger partial charge in [0, 0.05) is 29.7 Å². The van der Waals surface area contributed by atoms with Gasteiger partial charge in [-0.2, -0.15) is 0 Å². The molecule has 6 N–H and O–H groups in total. The molecule has 1 fully saturated rings. The van der Waals surface area contributed by atoms with Crippen molar-refractivity contribution >= 4 is 23.5 Å². The lowest BCUT2D eigenvalue weighted by Crippen LogP contribution is -2.25. The number of nitrogens with one attached hydrogen (secondary N) is 2. The van der Waals surface area contributed by atoms with Gasteiger partial charge in [-0.05, 0) is 24.3 Å². The Balaban J connectivity index is 1.60. The van der Waals surface area contributed by atoms with Gasteiger partial charge in [-0.1, -0.05) is 0 Å². The number of hydrogen-bond donors (Lipinski definition) is 5. The zero-order valence-corrected chi connectivity index (χ0v) is 14.8. The van der Waals surface area contributed by atoms with E-state index in [4.69, 9.17) is 25.7 Å². The highest BCUT2D eigenvalue weighted by Crippen LogP contribution is 2.25. The number of aromatic carboxylic acids is 1. The predicted molar refractivity (Wildman–Crippen MR) is 99.1 cm³/mol. The van der Waals surface area contributed by atoms with E-state index in [0.29, 0.717) is 18.8 Å². The van der Waals surface area contributed by atoms with Crippen molar-refractivity contribution in [2.75, 3.05) is 24.8 Å². The number of rotatable bonds is 8. The van der Waals surface area contributed by atoms with E-state index in [-0.39, 0.29) is 35.6 Å². The van der Waals surface area contributed by atoms with Crippen molar-refractivity contribution in [1.82, 2.24) is 4.98 Å². The lowest BCUT2D eigenvalue weighted by Gasteiger charge is -2.16. The summed E-state index contributed by atoms with van der Waals surface area (Å²) in [5, 5.41) is 25.6. The van der Waals surface area contributed by atoms with Crippen molar-refractivity contribution in [2.45, 2.75) is 12.5 Å². The van der Waals surface area contributed by atoms with Gasteiger partial charge in [0.05, 0.1) is 6.42 Å². The fourth-order valence-corrected chi connectivity index (χ4v) is 2.95. The molecule has 1 aromatic carbocycles. The molecule has 1 aliphatic rings. The third-order valence-electron chi connectivity index (χ3n) is 4.33. The molecule has 0 radical (unpaired) electrons. The standard InChI is InChI=1S/C18H20N4O6/c19-17(20)10-1-3-11(4-2-10)22-7-12(28-9-22)8-27-14-6-21-13(5-15(23)24)16(14)18(25)26/h1-4,6,12,21H,5,7-9H2,(H3,19,20)(H,23,24)(H,25,26). The van der Waals surface area contributed by atoms with E-state index >= 15 is 0 Å². The van der Waals surface area contributed by atoms with Gasteiger partial charge >= 0.3 is 11.9 Å². The van der Waals surface area contributed by atoms with E-state index in [1.165, 1.54) is 6.20 Å². The van der Waals surface area contributed by atoms with Crippen LogP contribution in [-0.2, 0) is 16.0 Å². The molecule has 1 saturated heterocycles. The molecule has 0 saturated carbocycles. The number of H-pyrrole nitrogens is 1. The van der Waals surface area contributed by atoms with Crippen molar-refractivity contribution in [2.24, 2.45) is 5.73 Å². The molecule has 3 rings (SSSR count). The summed E-state index contributed by atoms with van der Waals surface area (Å²) in [5.41, 5.74) is 6.88. The van der Waals surface area contributed by atoms with Crippen LogP contribution in [0.1, 0.15) is 21.6 Å². The first kappa shape index (κ1) is 19.2. The van der Waals surface area contributed by atoms with Crippen LogP contribution in [0.5, 0.6) is 5.75 Å². The fraction of sp³-hybridized carbons (Fsp3) is 0.278. The summed E-state index contributed by atoms with van der Waals surface area (Å²) in [4.78, 5) is 26.9. The molecule has 0 bridgehead atoms. The molecule has 2 heterocycles. The third-order valence-corrected chi connectivity index (χ3v) is 4.33. The Morgan fingerprint density at radius 2 is 2.04 bits per heavy atom. The van der Waals surface area contributed by atoms with E-state index < -0.39 is 18.4 Å². The smallest absolute Gasteiger partial charge is 0.341 e. The molecular weight excluding hydrogens is 368 g/mol. The number of ether oxygens (including phenoxy) is 2. The second-order valence-corrected chi connectivity index (χ2v) is 6.29. The maximum Gasteiger partial charge on any atom is 0.341 e. The van der Waals surface area contributed by atoms with Crippen LogP contribution in [0.3, 0.4) is 0 Å². The van der Waals surface area contributed by atoms with Gasteiger partial charge < -0.3 is 35.3 Å². The first-order valence-electron chi connectivity index (χ1n) is 8.44. The number of aliphatic carboxylic acids is 1. The van der Waals surface area contributed by atoms with Crippen LogP contribution in [0.15, 0.2) is 30.5 Å². The monoisotopic (exact) mass is 388 g/mol. The summed E-state index contributed by atoms with van der Waals surface area (Å²) in [5.74, 6) is -2.32. The van der Waals surface area contributed by atoms with E-state index in [1.54, 1.807) is 12.1 Å². The highest BCUT2D eigenvalue weighted by Gasteiger charge is 2.26. The molecular formula is C18H20N4O6. The SMILES string of the molecule is N=C(N)c1ccc(N2COC(COc3c[nH]c(CC(=O)O)c3C(=O)O)C2)cc1. The lowest BCUT2D eigenvalue weighted by atomic mass is 10.2. The van der Waals surface area contributed by atoms with Gasteiger partial charge in [0.1, 0.15) is 30.8 Å². The van der Waals surface area contributed by atoms with Crippen molar-refractivity contribution in [3.05, 3.63) is 47.3 Å². The fourth-order valence-electron chi connectivity index (χ4n) is 2.95. The van der Waals surface area contributed by atoms with Gasteiger partial charge in [0.2, 0.25) is 0 Å². The summed E-state index contributed by atoms with van der Waals surface area (Å²) in [7, 11) is 0. The number of aromatic amines is 1. The zero-order valence-electron chi connectivity index (χ0n) is 14.8. The minimum atomic E-state index is -1.26. The van der Waals surface area contributed by atoms with Crippen LogP contribution in [0, 0.1) is 5.41 Å². The minimum absolute atomic E-state index is 0.00139. The molecule has 1 unspecified atom stereocenters. The molecule has 1 atom stereocenters. The van der Waals surface area contributed by atoms with Crippen molar-refractivity contribution in [1.29, 1.82) is 5.41 Å². The lowest BCUT2D eigenvalue weighted by molar-refractivity contribution is -0.136. The Morgan fingerprint density at radius 1 is 1.32 bits per heavy atom. The Kier molecular flexibility index (Phi) is 5.50. The topological polar surface area (TPSA) is 162 Å². The first-order valence-corrected chi connectivity index (χ1v) is 8.44. The molecule has 1 aromatic heterocycles. The molecule has 2 aromatic rings. The number of hydrogen-bond acceptors (Lipinski definition) is 6. The van der Waals surface area contributed by atoms with Crippen LogP contribution in [-0.4, -0.2) is 59.0 Å². The number of nitrogens with two attached hydrogens (primary N) is 1. The number of anilines is 1. The quantitative estimate of drug-likeness (QED) is 0.328. The predicted octanol–water partition coefficient (Wildman–Crippen LogP) is 0.866. The second-order valence-electron chi connectivity index (χ2n) is 6.29. The van der Waals surface area contributed by atoms with Gasteiger partial charge in [0.15, 0.2) is 5.75 Å². The normalized spacial score (nSPS) is 16.1. The Labute approximate surface area is 160 Å². The number of amidine groups is 1. The maximum atomic E-state index is 11.4. The molecule has 0 amide bonds. The summed E-state index contributed by atoms with van der Waals surface area (Å²) >= 11 is 0. The Hall–Kier alpha value is -3.53. The number of nitrogens with zero attached hydrogens (tertiary/aromatic N) is 1. The number of benzene rings is 1. The maximum absolute atomic E-state index is 11.4. The van der Waals surface area contributed by atoms with Crippen LogP contribution < -0.4 is 15.4 Å². The molecule has 1 aliphatic heterocycles. The number of nitrogen functional groups attached to an aromatic ring is 1. The number of carboxylic acids is 2. The number of carboxylic acid groups (broad SMARTS) is 2. The molecule has 28 heavy (non-hydrogen) atoms. The van der Waals surface area contributed by atoms with E-state index in [9.17, 15) is 14.7 Å². The van der Waals surface area contributed by atoms with Crippen LogP contribution in [0.25, 0.3) is 0 Å². The van der Waals surface area contributed by atoms with Crippen molar-refractivity contribution in [3.8, 4) is 5.75 Å². The van der Waals surface area contributed by atoms with E-state index in [1.807, 2.05) is 17.0 Å². The Bertz CT molecular complexity index is 892. The van der Waals surface area contributed by atoms with E-state index in [0.717, 1.165) is 5.69 Å². The van der Waals surface area contributed by atoms with Gasteiger partial charge in [-0.15, -0.1) is 0 Å². The summed E-state index contributed by atoms with van der Waals surface area (Å²) in [6, 6.07) is 7.20. The highest BCUT2D eigenvalue weighted by atomic mass is 16.5. The largest absolute Gasteiger partial charge is 0.488 e. The molecule has 10 nitrogen and oxygen atoms in total. The van der Waals surface area contributed by atoms with Crippen molar-refractivity contribution in [3.63, 3.8) is 0 Å². The van der Waals surface area contributed by atoms with E-state index in [2.05, 4.69) is 4.98 Å². The summed E-state index contributed by atoms with van der Waals surface area (Å²) in [6.07, 6.45) is 0.621. The van der Waals surface area contributed by atoms with Crippen LogP contribution in [0.2, 0.25) is 0 Å². The number of carbonyl (C=O) groups is 2. The first-order chi connectivity index (χ1) is 13.3. The zero-order chi connectivity index (χ0) is 20.3. The molecule has 0 aliphatic carbocycles. The number of aromatic nitrogens is 1. The minimum Gasteiger partial charge on any atom is -0.488 e. The summed E-state index contributed by atoms with van der Waals surface area (Å²) < 4.78 is 11.3. The third kappa shape index (κ3) is 4.23. The summed E-state index contributed by atoms with van der Waals surface area (Å²) in [6.45, 7) is 0.998. The van der Waals surface area contributed by atoms with Gasteiger partial charge in [-0.25, -0.2) is 4.79 Å². The van der Waals surface area contributed by atoms with Crippen LogP contribution in [0.4, 0.5) is 5.69 Å². The Morgan fingerprint density at radius 3 is 2.64 bits per heavy atom. The van der Waals surface area contributed by atoms with Gasteiger partial charge in [-0.3, -0.25) is 10.2 Å². The highest BCUT2D eigenvalue weighted by molar-refractivity contribution is 5.95. The van der Waals surface area contributed by atoms with Gasteiger partial charge in [0.25, 0.3) is 0 Å². The second kappa shape index (κ2) is 8.01. The molecule has 148 valence electrons. The molecule has 10 heteroatoms. The molecule has 0 spiro atoms. The van der Waals surface area contributed by atoms with Crippen LogP contribution >= 0.6 is 0 Å². The average molecular weight is 388 g/mol.